The molecule has 0 spiro atoms. The molecule has 0 atom stereocenters. The lowest BCUT2D eigenvalue weighted by molar-refractivity contribution is 0.541. The molecule has 0 N–H and O–H groups in total. The zero-order valence-electron chi connectivity index (χ0n) is 18.3. The maximum Gasteiger partial charge on any atom is 0.0491 e. The van der Waals surface area contributed by atoms with E-state index < -0.39 is 0 Å². The number of hydrogen-bond donors (Lipinski definition) is 0. The fourth-order valence-electron chi connectivity index (χ4n) is 4.39. The van der Waals surface area contributed by atoms with Crippen molar-refractivity contribution < 1.29 is 0 Å². The Balaban J connectivity index is 1.63. The summed E-state index contributed by atoms with van der Waals surface area (Å²) < 4.78 is 2.51. The van der Waals surface area contributed by atoms with E-state index in [1.165, 1.54) is 97.1 Å². The Morgan fingerprint density at radius 2 is 1.10 bits per heavy atom. The van der Waals surface area contributed by atoms with Gasteiger partial charge in [0, 0.05) is 28.4 Å². The van der Waals surface area contributed by atoms with Gasteiger partial charge in [-0.2, -0.15) is 0 Å². The van der Waals surface area contributed by atoms with Gasteiger partial charge in [0.25, 0.3) is 0 Å². The molecule has 154 valence electrons. The van der Waals surface area contributed by atoms with E-state index in [1.54, 1.807) is 0 Å². The van der Waals surface area contributed by atoms with E-state index in [0.717, 1.165) is 6.54 Å². The van der Waals surface area contributed by atoms with Crippen molar-refractivity contribution in [3.8, 4) is 0 Å². The van der Waals surface area contributed by atoms with Crippen LogP contribution in [0.2, 0.25) is 0 Å². The maximum atomic E-state index is 3.94. The molecule has 1 nitrogen and oxygen atoms in total. The second kappa shape index (κ2) is 11.0. The predicted molar refractivity (Wildman–Crippen MR) is 131 cm³/mol. The highest BCUT2D eigenvalue weighted by Gasteiger charge is 2.11. The zero-order valence-corrected chi connectivity index (χ0v) is 18.3. The number of rotatable bonds is 13. The molecule has 1 heterocycles. The summed E-state index contributed by atoms with van der Waals surface area (Å²) >= 11 is 0. The predicted octanol–water partition coefficient (Wildman–Crippen LogP) is 9.00. The summed E-state index contributed by atoms with van der Waals surface area (Å²) in [5, 5.41) is 2.65. The minimum atomic E-state index is 1.09. The third-order valence-corrected chi connectivity index (χ3v) is 6.12. The molecule has 0 unspecified atom stereocenters. The van der Waals surface area contributed by atoms with E-state index in [1.807, 2.05) is 12.2 Å². The highest BCUT2D eigenvalue weighted by Crippen LogP contribution is 2.31. The van der Waals surface area contributed by atoms with Crippen LogP contribution in [0.3, 0.4) is 0 Å². The van der Waals surface area contributed by atoms with Gasteiger partial charge in [0.1, 0.15) is 0 Å². The van der Waals surface area contributed by atoms with Gasteiger partial charge in [0.05, 0.1) is 0 Å². The number of unbranched alkanes of at least 4 members (excludes halogenated alkanes) is 9. The van der Waals surface area contributed by atoms with Gasteiger partial charge in [-0.25, -0.2) is 0 Å². The Bertz CT molecular complexity index is 879. The number of aromatic nitrogens is 1. The molecule has 3 aromatic rings. The van der Waals surface area contributed by atoms with Crippen LogP contribution in [0.4, 0.5) is 0 Å². The summed E-state index contributed by atoms with van der Waals surface area (Å²) in [6.45, 7) is 11.3. The van der Waals surface area contributed by atoms with Crippen molar-refractivity contribution in [2.24, 2.45) is 0 Å². The topological polar surface area (TPSA) is 4.93 Å². The first kappa shape index (κ1) is 21.4. The quantitative estimate of drug-likeness (QED) is 0.258. The van der Waals surface area contributed by atoms with Gasteiger partial charge in [-0.3, -0.25) is 0 Å². The summed E-state index contributed by atoms with van der Waals surface area (Å²) in [7, 11) is 0. The van der Waals surface area contributed by atoms with Crippen molar-refractivity contribution >= 4 is 34.0 Å². The first-order valence-corrected chi connectivity index (χ1v) is 11.6. The Kier molecular flexibility index (Phi) is 8.16. The minimum absolute atomic E-state index is 1.09. The molecule has 0 aliphatic rings. The number of aryl methyl sites for hydroxylation is 1. The molecule has 0 aliphatic carbocycles. The van der Waals surface area contributed by atoms with Gasteiger partial charge in [-0.05, 0) is 41.8 Å². The standard InChI is InChI=1S/C28H37N/c1-4-7-8-9-10-11-12-13-14-15-20-29-27-18-16-23(5-2)21-25(27)26-22-24(6-3)17-19-28(26)29/h5-6,16-19,21-22H,2-4,7-15,20H2,1H3. The second-order valence-electron chi connectivity index (χ2n) is 8.30. The second-order valence-corrected chi connectivity index (χ2v) is 8.30. The van der Waals surface area contributed by atoms with Gasteiger partial charge >= 0.3 is 0 Å². The Hall–Kier alpha value is -2.28. The summed E-state index contributed by atoms with van der Waals surface area (Å²) in [5.41, 5.74) is 5.03. The summed E-state index contributed by atoms with van der Waals surface area (Å²) in [4.78, 5) is 0. The van der Waals surface area contributed by atoms with Crippen LogP contribution in [-0.4, -0.2) is 4.57 Å². The van der Waals surface area contributed by atoms with Crippen molar-refractivity contribution in [3.05, 3.63) is 60.7 Å². The summed E-state index contributed by atoms with van der Waals surface area (Å²) in [6, 6.07) is 13.4. The lowest BCUT2D eigenvalue weighted by atomic mass is 10.1. The molecule has 3 rings (SSSR count). The monoisotopic (exact) mass is 387 g/mol. The molecule has 0 saturated heterocycles. The molecular formula is C28H37N. The van der Waals surface area contributed by atoms with E-state index >= 15 is 0 Å². The van der Waals surface area contributed by atoms with Gasteiger partial charge in [-0.1, -0.05) is 102 Å². The van der Waals surface area contributed by atoms with Crippen LogP contribution in [0.1, 0.15) is 82.3 Å². The molecule has 0 saturated carbocycles. The first-order chi connectivity index (χ1) is 14.3. The van der Waals surface area contributed by atoms with Crippen molar-refractivity contribution in [3.63, 3.8) is 0 Å². The van der Waals surface area contributed by atoms with Gasteiger partial charge in [0.2, 0.25) is 0 Å². The van der Waals surface area contributed by atoms with Crippen LogP contribution < -0.4 is 0 Å². The number of benzene rings is 2. The van der Waals surface area contributed by atoms with Crippen LogP contribution in [0, 0.1) is 0 Å². The number of hydrogen-bond acceptors (Lipinski definition) is 0. The molecular weight excluding hydrogens is 350 g/mol. The molecule has 0 fully saturated rings. The fourth-order valence-corrected chi connectivity index (χ4v) is 4.39. The molecule has 0 radical (unpaired) electrons. The third kappa shape index (κ3) is 5.41. The highest BCUT2D eigenvalue weighted by atomic mass is 15.0. The molecule has 2 aromatic carbocycles. The Morgan fingerprint density at radius 3 is 1.55 bits per heavy atom. The lowest BCUT2D eigenvalue weighted by Crippen LogP contribution is -1.98. The Labute approximate surface area is 177 Å². The maximum absolute atomic E-state index is 3.94. The molecule has 29 heavy (non-hydrogen) atoms. The van der Waals surface area contributed by atoms with E-state index in [0.29, 0.717) is 0 Å². The van der Waals surface area contributed by atoms with Crippen molar-refractivity contribution in [2.45, 2.75) is 77.7 Å². The molecule has 0 bridgehead atoms. The average molecular weight is 388 g/mol. The van der Waals surface area contributed by atoms with E-state index in [2.05, 4.69) is 61.0 Å². The molecule has 0 amide bonds. The van der Waals surface area contributed by atoms with E-state index in [9.17, 15) is 0 Å². The van der Waals surface area contributed by atoms with Crippen molar-refractivity contribution in [1.82, 2.24) is 4.57 Å². The van der Waals surface area contributed by atoms with Crippen molar-refractivity contribution in [2.75, 3.05) is 0 Å². The van der Waals surface area contributed by atoms with Gasteiger partial charge in [0.15, 0.2) is 0 Å². The van der Waals surface area contributed by atoms with Gasteiger partial charge < -0.3 is 4.57 Å². The van der Waals surface area contributed by atoms with Crippen LogP contribution in [0.25, 0.3) is 34.0 Å². The smallest absolute Gasteiger partial charge is 0.0491 e. The molecule has 0 aliphatic heterocycles. The SMILES string of the molecule is C=Cc1ccc2c(c1)c1cc(C=C)ccc1n2CCCCCCCCCCCC. The third-order valence-electron chi connectivity index (χ3n) is 6.12. The number of fused-ring (bicyclic) bond motifs is 3. The first-order valence-electron chi connectivity index (χ1n) is 11.6. The molecule has 1 aromatic heterocycles. The fraction of sp³-hybridized carbons (Fsp3) is 0.429. The van der Waals surface area contributed by atoms with Crippen molar-refractivity contribution in [1.29, 1.82) is 0 Å². The lowest BCUT2D eigenvalue weighted by Gasteiger charge is -2.08. The minimum Gasteiger partial charge on any atom is -0.340 e. The van der Waals surface area contributed by atoms with Crippen LogP contribution >= 0.6 is 0 Å². The normalized spacial score (nSPS) is 11.3. The number of nitrogens with zero attached hydrogens (tertiary/aromatic N) is 1. The summed E-state index contributed by atoms with van der Waals surface area (Å²) in [5.74, 6) is 0. The average Bonchev–Trinajstić information content (AvgIpc) is 3.07. The van der Waals surface area contributed by atoms with Gasteiger partial charge in [-0.15, -0.1) is 0 Å². The van der Waals surface area contributed by atoms with Crippen LogP contribution in [-0.2, 0) is 6.54 Å². The molecule has 1 heteroatoms. The van der Waals surface area contributed by atoms with Crippen LogP contribution in [0.15, 0.2) is 49.6 Å². The zero-order chi connectivity index (χ0) is 20.5. The Morgan fingerprint density at radius 1 is 0.655 bits per heavy atom. The highest BCUT2D eigenvalue weighted by molar-refractivity contribution is 6.09. The van der Waals surface area contributed by atoms with Crippen LogP contribution in [0.5, 0.6) is 0 Å². The summed E-state index contributed by atoms with van der Waals surface area (Å²) in [6.07, 6.45) is 17.6. The van der Waals surface area contributed by atoms with E-state index in [4.69, 9.17) is 0 Å². The largest absolute Gasteiger partial charge is 0.340 e. The van der Waals surface area contributed by atoms with E-state index in [-0.39, 0.29) is 0 Å².